The van der Waals surface area contributed by atoms with Crippen LogP contribution in [0.4, 0.5) is 32.2 Å². The molecule has 0 aliphatic rings. The van der Waals surface area contributed by atoms with E-state index < -0.39 is 56.1 Å². The first-order valence-corrected chi connectivity index (χ1v) is 7.54. The van der Waals surface area contributed by atoms with Crippen LogP contribution in [-0.2, 0) is 6.18 Å². The Bertz CT molecular complexity index is 874. The zero-order valence-electron chi connectivity index (χ0n) is 12.1. The van der Waals surface area contributed by atoms with E-state index >= 15 is 0 Å². The quantitative estimate of drug-likeness (QED) is 0.499. The maximum absolute atomic E-state index is 12.9. The van der Waals surface area contributed by atoms with Crippen molar-refractivity contribution in [2.75, 3.05) is 5.73 Å². The molecule has 0 spiro atoms. The van der Waals surface area contributed by atoms with Crippen LogP contribution in [0.25, 0.3) is 5.69 Å². The van der Waals surface area contributed by atoms with Crippen LogP contribution >= 0.6 is 34.8 Å². The molecule has 1 aromatic heterocycles. The van der Waals surface area contributed by atoms with Gasteiger partial charge in [-0.1, -0.05) is 23.2 Å². The molecule has 0 radical (unpaired) electrons. The van der Waals surface area contributed by atoms with Crippen LogP contribution in [0, 0.1) is 11.3 Å². The van der Waals surface area contributed by atoms with Gasteiger partial charge in [0.2, 0.25) is 0 Å². The van der Waals surface area contributed by atoms with Gasteiger partial charge in [0.05, 0.1) is 21.2 Å². The molecule has 1 unspecified atom stereocenters. The first kappa shape index (κ1) is 20.5. The highest BCUT2D eigenvalue weighted by Gasteiger charge is 2.44. The van der Waals surface area contributed by atoms with Gasteiger partial charge in [0.15, 0.2) is 11.1 Å². The second-order valence-electron chi connectivity index (χ2n) is 4.86. The van der Waals surface area contributed by atoms with E-state index in [2.05, 4.69) is 5.10 Å². The SMILES string of the molecule is N#Cc1nn(-c2c(Cl)cc(C(F)(F)F)cc2Cl)c(N)c1C(Cl)C(F)(F)F. The Hall–Kier alpha value is -1.83. The molecule has 0 aliphatic heterocycles. The lowest BCUT2D eigenvalue weighted by atomic mass is 10.1. The predicted molar refractivity (Wildman–Crippen MR) is 82.4 cm³/mol. The summed E-state index contributed by atoms with van der Waals surface area (Å²) in [6.45, 7) is 0. The Morgan fingerprint density at radius 1 is 1.12 bits per heavy atom. The molecule has 2 aromatic rings. The standard InChI is InChI=1S/C13H5Cl3F6N4/c14-5-1-4(12(17,18)19)2-6(15)9(5)26-11(24)8(7(3-23)25-26)10(16)13(20,21)22/h1-2,10H,24H2. The number of benzene rings is 1. The van der Waals surface area contributed by atoms with Gasteiger partial charge in [-0.2, -0.15) is 36.7 Å². The van der Waals surface area contributed by atoms with Crippen molar-refractivity contribution >= 4 is 40.6 Å². The van der Waals surface area contributed by atoms with Crippen LogP contribution < -0.4 is 5.73 Å². The molecule has 0 saturated heterocycles. The highest BCUT2D eigenvalue weighted by molar-refractivity contribution is 6.38. The normalized spacial score (nSPS) is 13.5. The summed E-state index contributed by atoms with van der Waals surface area (Å²) in [5.41, 5.74) is 2.36. The first-order chi connectivity index (χ1) is 11.8. The fourth-order valence-corrected chi connectivity index (χ4v) is 2.90. The summed E-state index contributed by atoms with van der Waals surface area (Å²) in [5.74, 6) is -0.734. The van der Waals surface area contributed by atoms with E-state index in [0.717, 1.165) is 0 Å². The summed E-state index contributed by atoms with van der Waals surface area (Å²) in [5, 5.41) is 8.68. The van der Waals surface area contributed by atoms with Crippen molar-refractivity contribution in [1.82, 2.24) is 9.78 Å². The Balaban J connectivity index is 2.72. The number of rotatable bonds is 2. The average Bonchev–Trinajstić information content (AvgIpc) is 2.80. The summed E-state index contributed by atoms with van der Waals surface area (Å²) in [4.78, 5) is 0. The van der Waals surface area contributed by atoms with Crippen molar-refractivity contribution in [3.05, 3.63) is 39.0 Å². The Labute approximate surface area is 156 Å². The van der Waals surface area contributed by atoms with E-state index in [1.807, 2.05) is 0 Å². The first-order valence-electron chi connectivity index (χ1n) is 6.35. The molecule has 13 heteroatoms. The van der Waals surface area contributed by atoms with Crippen molar-refractivity contribution in [1.29, 1.82) is 5.26 Å². The van der Waals surface area contributed by atoms with Gasteiger partial charge in [0, 0.05) is 0 Å². The Morgan fingerprint density at radius 3 is 2.00 bits per heavy atom. The zero-order chi connectivity index (χ0) is 20.0. The molecule has 0 saturated carbocycles. The number of hydrogen-bond donors (Lipinski definition) is 1. The third kappa shape index (κ3) is 3.65. The largest absolute Gasteiger partial charge is 0.416 e. The maximum atomic E-state index is 12.9. The number of nitriles is 1. The molecule has 1 heterocycles. The molecule has 1 atom stereocenters. The summed E-state index contributed by atoms with van der Waals surface area (Å²) in [7, 11) is 0. The molecule has 0 amide bonds. The molecule has 140 valence electrons. The fourth-order valence-electron chi connectivity index (χ4n) is 2.04. The van der Waals surface area contributed by atoms with Crippen molar-refractivity contribution in [3.63, 3.8) is 0 Å². The van der Waals surface area contributed by atoms with E-state index in [-0.39, 0.29) is 0 Å². The van der Waals surface area contributed by atoms with Crippen LogP contribution in [0.2, 0.25) is 10.0 Å². The molecule has 26 heavy (non-hydrogen) atoms. The predicted octanol–water partition coefficient (Wildman–Crippen LogP) is 5.49. The minimum Gasteiger partial charge on any atom is -0.383 e. The number of halogens is 9. The van der Waals surface area contributed by atoms with E-state index in [9.17, 15) is 26.3 Å². The number of nitrogens with two attached hydrogens (primary N) is 1. The fraction of sp³-hybridized carbons (Fsp3) is 0.231. The van der Waals surface area contributed by atoms with E-state index in [0.29, 0.717) is 16.8 Å². The molecule has 0 aliphatic carbocycles. The monoisotopic (exact) mass is 436 g/mol. The molecule has 2 rings (SSSR count). The number of anilines is 1. The highest BCUT2D eigenvalue weighted by atomic mass is 35.5. The summed E-state index contributed by atoms with van der Waals surface area (Å²) >= 11 is 16.9. The Morgan fingerprint density at radius 2 is 1.62 bits per heavy atom. The molecule has 2 N–H and O–H groups in total. The number of alkyl halides is 7. The molecule has 0 fully saturated rings. The van der Waals surface area contributed by atoms with Crippen molar-refractivity contribution in [3.8, 4) is 11.8 Å². The van der Waals surface area contributed by atoms with Crippen LogP contribution in [0.1, 0.15) is 22.2 Å². The van der Waals surface area contributed by atoms with Crippen LogP contribution in [0.3, 0.4) is 0 Å². The second kappa shape index (κ2) is 6.72. The van der Waals surface area contributed by atoms with Gasteiger partial charge in [-0.25, -0.2) is 4.68 Å². The van der Waals surface area contributed by atoms with E-state index in [1.54, 1.807) is 0 Å². The average molecular weight is 438 g/mol. The van der Waals surface area contributed by atoms with Gasteiger partial charge >= 0.3 is 12.4 Å². The lowest BCUT2D eigenvalue weighted by molar-refractivity contribution is -0.137. The van der Waals surface area contributed by atoms with Crippen molar-refractivity contribution in [2.24, 2.45) is 0 Å². The van der Waals surface area contributed by atoms with Gasteiger partial charge in [-0.3, -0.25) is 0 Å². The van der Waals surface area contributed by atoms with Gasteiger partial charge in [0.1, 0.15) is 17.6 Å². The minimum absolute atomic E-state index is 0.423. The summed E-state index contributed by atoms with van der Waals surface area (Å²) in [6.07, 6.45) is -9.72. The third-order valence-electron chi connectivity index (χ3n) is 3.16. The van der Waals surface area contributed by atoms with Crippen LogP contribution in [0.15, 0.2) is 12.1 Å². The third-order valence-corrected chi connectivity index (χ3v) is 4.20. The number of nitrogens with zero attached hydrogens (tertiary/aromatic N) is 3. The molecular formula is C13H5Cl3F6N4. The van der Waals surface area contributed by atoms with Gasteiger partial charge < -0.3 is 5.73 Å². The molecular weight excluding hydrogens is 433 g/mol. The zero-order valence-corrected chi connectivity index (χ0v) is 14.3. The smallest absolute Gasteiger partial charge is 0.383 e. The van der Waals surface area contributed by atoms with Crippen molar-refractivity contribution in [2.45, 2.75) is 17.7 Å². The van der Waals surface area contributed by atoms with Gasteiger partial charge in [-0.15, -0.1) is 11.6 Å². The Kier molecular flexibility index (Phi) is 5.29. The molecule has 0 bridgehead atoms. The van der Waals surface area contributed by atoms with E-state index in [4.69, 9.17) is 45.8 Å². The topological polar surface area (TPSA) is 67.6 Å². The number of nitrogen functional groups attached to an aromatic ring is 1. The summed E-state index contributed by atoms with van der Waals surface area (Å²) in [6, 6.07) is 2.39. The van der Waals surface area contributed by atoms with Crippen molar-refractivity contribution < 1.29 is 26.3 Å². The minimum atomic E-state index is -4.96. The summed E-state index contributed by atoms with van der Waals surface area (Å²) < 4.78 is 77.5. The molecule has 4 nitrogen and oxygen atoms in total. The van der Waals surface area contributed by atoms with Gasteiger partial charge in [0.25, 0.3) is 0 Å². The maximum Gasteiger partial charge on any atom is 0.416 e. The second-order valence-corrected chi connectivity index (χ2v) is 6.11. The van der Waals surface area contributed by atoms with E-state index in [1.165, 1.54) is 6.07 Å². The highest BCUT2D eigenvalue weighted by Crippen LogP contribution is 2.44. The van der Waals surface area contributed by atoms with Gasteiger partial charge in [-0.05, 0) is 12.1 Å². The van der Waals surface area contributed by atoms with Crippen LogP contribution in [0.5, 0.6) is 0 Å². The number of aromatic nitrogens is 2. The number of hydrogen-bond acceptors (Lipinski definition) is 3. The molecule has 1 aromatic carbocycles. The lowest BCUT2D eigenvalue weighted by Gasteiger charge is -2.15. The lowest BCUT2D eigenvalue weighted by Crippen LogP contribution is -2.17. The van der Waals surface area contributed by atoms with Crippen LogP contribution in [-0.4, -0.2) is 16.0 Å².